The molecule has 0 aromatic heterocycles. The number of rotatable bonds is 3. The molecule has 0 saturated carbocycles. The molecule has 2 radical (unpaired) electrons. The molecule has 2 nitrogen and oxygen atoms in total. The van der Waals surface area contributed by atoms with Crippen LogP contribution in [0.5, 0.6) is 0 Å². The van der Waals surface area contributed by atoms with Gasteiger partial charge in [0.05, 0.1) is 0 Å². The molecule has 9 heavy (non-hydrogen) atoms. The maximum absolute atomic E-state index is 10.4. The lowest BCUT2D eigenvalue weighted by molar-refractivity contribution is -0.119. The van der Waals surface area contributed by atoms with Crippen LogP contribution in [0.3, 0.4) is 0 Å². The quantitative estimate of drug-likeness (QED) is 0.600. The number of amides is 1. The van der Waals surface area contributed by atoms with Gasteiger partial charge in [0.1, 0.15) is 0 Å². The van der Waals surface area contributed by atoms with Crippen LogP contribution in [0.2, 0.25) is 0 Å². The van der Waals surface area contributed by atoms with Gasteiger partial charge in [-0.1, -0.05) is 13.3 Å². The molecule has 1 amide bonds. The molecule has 0 unspecified atom stereocenters. The van der Waals surface area contributed by atoms with Crippen molar-refractivity contribution in [2.75, 3.05) is 0 Å². The second kappa shape index (κ2) is 4.36. The number of hydrogen-bond acceptors (Lipinski definition) is 1. The Morgan fingerprint density at radius 1 is 1.78 bits per heavy atom. The maximum atomic E-state index is 10.4. The first kappa shape index (κ1) is 8.47. The van der Waals surface area contributed by atoms with Gasteiger partial charge in [-0.2, -0.15) is 0 Å². The van der Waals surface area contributed by atoms with Crippen molar-refractivity contribution in [3.63, 3.8) is 0 Å². The van der Waals surface area contributed by atoms with E-state index in [0.717, 1.165) is 12.8 Å². The van der Waals surface area contributed by atoms with Crippen LogP contribution in [0.25, 0.3) is 0 Å². The SMILES string of the molecule is [CH2]CC[C@@H]([CH2])NC(C)=O. The minimum absolute atomic E-state index is 0.0246. The standard InChI is InChI=1S/C7H13NO/c1-4-5-6(2)8-7(3)9/h6H,1-2,4-5H2,3H3,(H,8,9)/t6-/m1/s1. The minimum atomic E-state index is -0.0246. The molecule has 52 valence electrons. The first-order chi connectivity index (χ1) is 4.16. The minimum Gasteiger partial charge on any atom is -0.354 e. The Hall–Kier alpha value is -0.530. The van der Waals surface area contributed by atoms with E-state index in [2.05, 4.69) is 19.2 Å². The highest BCUT2D eigenvalue weighted by Gasteiger charge is 1.99. The third kappa shape index (κ3) is 5.34. The van der Waals surface area contributed by atoms with Gasteiger partial charge >= 0.3 is 0 Å². The van der Waals surface area contributed by atoms with Crippen LogP contribution in [0.4, 0.5) is 0 Å². The van der Waals surface area contributed by atoms with Crippen molar-refractivity contribution in [3.8, 4) is 0 Å². The van der Waals surface area contributed by atoms with Gasteiger partial charge in [0.25, 0.3) is 0 Å². The average Bonchev–Trinajstić information content (AvgIpc) is 1.63. The second-order valence-corrected chi connectivity index (χ2v) is 2.04. The zero-order chi connectivity index (χ0) is 7.28. The molecule has 0 saturated heterocycles. The topological polar surface area (TPSA) is 29.1 Å². The Bertz CT molecular complexity index is 90.9. The lowest BCUT2D eigenvalue weighted by Gasteiger charge is -2.09. The summed E-state index contributed by atoms with van der Waals surface area (Å²) >= 11 is 0. The summed E-state index contributed by atoms with van der Waals surface area (Å²) in [4.78, 5) is 10.4. The smallest absolute Gasteiger partial charge is 0.217 e. The lowest BCUT2D eigenvalue weighted by atomic mass is 10.2. The van der Waals surface area contributed by atoms with Gasteiger partial charge in [0, 0.05) is 13.0 Å². The molecule has 0 aliphatic rings. The van der Waals surface area contributed by atoms with Crippen LogP contribution in [0.1, 0.15) is 19.8 Å². The molecule has 1 N–H and O–H groups in total. The second-order valence-electron chi connectivity index (χ2n) is 2.04. The van der Waals surface area contributed by atoms with E-state index in [1.165, 1.54) is 6.92 Å². The van der Waals surface area contributed by atoms with Gasteiger partial charge in [0.2, 0.25) is 5.91 Å². The van der Waals surface area contributed by atoms with Crippen LogP contribution >= 0.6 is 0 Å². The Labute approximate surface area is 56.6 Å². The van der Waals surface area contributed by atoms with Crippen molar-refractivity contribution in [1.82, 2.24) is 5.32 Å². The Morgan fingerprint density at radius 2 is 2.33 bits per heavy atom. The number of carbonyl (C=O) groups excluding carboxylic acids is 1. The predicted octanol–water partition coefficient (Wildman–Crippen LogP) is 0.939. The normalized spacial score (nSPS) is 12.8. The average molecular weight is 127 g/mol. The van der Waals surface area contributed by atoms with Crippen LogP contribution in [-0.4, -0.2) is 11.9 Å². The largest absolute Gasteiger partial charge is 0.354 e. The van der Waals surface area contributed by atoms with Gasteiger partial charge < -0.3 is 5.32 Å². The van der Waals surface area contributed by atoms with Crippen molar-refractivity contribution in [2.45, 2.75) is 25.8 Å². The van der Waals surface area contributed by atoms with Crippen LogP contribution in [0.15, 0.2) is 0 Å². The molecule has 0 rings (SSSR count). The van der Waals surface area contributed by atoms with E-state index in [0.29, 0.717) is 0 Å². The summed E-state index contributed by atoms with van der Waals surface area (Å²) in [6, 6.07) is 0.0278. The lowest BCUT2D eigenvalue weighted by Crippen LogP contribution is -2.30. The van der Waals surface area contributed by atoms with Gasteiger partial charge in [-0.05, 0) is 13.3 Å². The number of carbonyl (C=O) groups is 1. The van der Waals surface area contributed by atoms with Gasteiger partial charge in [0.15, 0.2) is 0 Å². The molecule has 0 spiro atoms. The third-order valence-electron chi connectivity index (χ3n) is 0.960. The van der Waals surface area contributed by atoms with E-state index in [4.69, 9.17) is 0 Å². The van der Waals surface area contributed by atoms with Crippen molar-refractivity contribution < 1.29 is 4.79 Å². The molecule has 0 aliphatic carbocycles. The Morgan fingerprint density at radius 3 is 2.67 bits per heavy atom. The number of nitrogens with one attached hydrogen (secondary N) is 1. The molecule has 0 aliphatic heterocycles. The fourth-order valence-electron chi connectivity index (χ4n) is 0.606. The molecule has 0 bridgehead atoms. The van der Waals surface area contributed by atoms with Gasteiger partial charge in [-0.3, -0.25) is 4.79 Å². The summed E-state index contributed by atoms with van der Waals surface area (Å²) in [6.07, 6.45) is 1.66. The van der Waals surface area contributed by atoms with E-state index >= 15 is 0 Å². The summed E-state index contributed by atoms with van der Waals surface area (Å²) in [5.41, 5.74) is 0. The molecule has 0 aromatic carbocycles. The zero-order valence-electron chi connectivity index (χ0n) is 5.81. The van der Waals surface area contributed by atoms with E-state index in [1.54, 1.807) is 0 Å². The summed E-state index contributed by atoms with van der Waals surface area (Å²) < 4.78 is 0. The fourth-order valence-corrected chi connectivity index (χ4v) is 0.606. The van der Waals surface area contributed by atoms with Gasteiger partial charge in [-0.15, -0.1) is 0 Å². The van der Waals surface area contributed by atoms with Crippen LogP contribution < -0.4 is 5.32 Å². The molecular weight excluding hydrogens is 114 g/mol. The molecular formula is C7H13NO. The van der Waals surface area contributed by atoms with E-state index < -0.39 is 0 Å². The van der Waals surface area contributed by atoms with E-state index in [1.807, 2.05) is 0 Å². The summed E-state index contributed by atoms with van der Waals surface area (Å²) in [6.45, 7) is 8.82. The molecule has 0 heterocycles. The van der Waals surface area contributed by atoms with Crippen LogP contribution in [-0.2, 0) is 4.79 Å². The van der Waals surface area contributed by atoms with E-state index in [-0.39, 0.29) is 11.9 Å². The first-order valence-corrected chi connectivity index (χ1v) is 3.06. The van der Waals surface area contributed by atoms with Crippen molar-refractivity contribution in [3.05, 3.63) is 13.8 Å². The number of hydrogen-bond donors (Lipinski definition) is 1. The third-order valence-corrected chi connectivity index (χ3v) is 0.960. The molecule has 0 aromatic rings. The predicted molar refractivity (Wildman–Crippen MR) is 37.6 cm³/mol. The van der Waals surface area contributed by atoms with Crippen LogP contribution in [0, 0.1) is 13.8 Å². The highest BCUT2D eigenvalue weighted by Crippen LogP contribution is 1.92. The summed E-state index contributed by atoms with van der Waals surface area (Å²) in [7, 11) is 0. The summed E-state index contributed by atoms with van der Waals surface area (Å²) in [5, 5.41) is 2.65. The van der Waals surface area contributed by atoms with E-state index in [9.17, 15) is 4.79 Å². The Balaban J connectivity index is 3.26. The highest BCUT2D eigenvalue weighted by atomic mass is 16.1. The first-order valence-electron chi connectivity index (χ1n) is 3.06. The Kier molecular flexibility index (Phi) is 4.10. The zero-order valence-corrected chi connectivity index (χ0v) is 5.81. The van der Waals surface area contributed by atoms with Crippen molar-refractivity contribution >= 4 is 5.91 Å². The van der Waals surface area contributed by atoms with Gasteiger partial charge in [-0.25, -0.2) is 0 Å². The molecule has 0 fully saturated rings. The maximum Gasteiger partial charge on any atom is 0.217 e. The fraction of sp³-hybridized carbons (Fsp3) is 0.571. The molecule has 1 atom stereocenters. The monoisotopic (exact) mass is 127 g/mol. The van der Waals surface area contributed by atoms with Crippen molar-refractivity contribution in [2.24, 2.45) is 0 Å². The summed E-state index contributed by atoms with van der Waals surface area (Å²) in [5.74, 6) is -0.0246. The molecule has 2 heteroatoms. The van der Waals surface area contributed by atoms with Crippen molar-refractivity contribution in [1.29, 1.82) is 0 Å². The highest BCUT2D eigenvalue weighted by molar-refractivity contribution is 5.73.